The van der Waals surface area contributed by atoms with Gasteiger partial charge < -0.3 is 15.4 Å². The van der Waals surface area contributed by atoms with Crippen LogP contribution in [-0.4, -0.2) is 36.2 Å². The molecule has 0 spiro atoms. The summed E-state index contributed by atoms with van der Waals surface area (Å²) in [4.78, 5) is 28.5. The molecular formula is C20H26BrN3O3S. The Hall–Kier alpha value is -1.93. The Morgan fingerprint density at radius 3 is 2.79 bits per heavy atom. The molecule has 0 bridgehead atoms. The van der Waals surface area contributed by atoms with E-state index < -0.39 is 6.09 Å². The number of amides is 2. The third-order valence-electron chi connectivity index (χ3n) is 3.86. The highest BCUT2D eigenvalue weighted by molar-refractivity contribution is 9.10. The lowest BCUT2D eigenvalue weighted by Gasteiger charge is -2.20. The van der Waals surface area contributed by atoms with Crippen molar-refractivity contribution in [2.75, 3.05) is 13.2 Å². The smallest absolute Gasteiger partial charge is 0.407 e. The molecule has 1 unspecified atom stereocenters. The van der Waals surface area contributed by atoms with Gasteiger partial charge in [-0.2, -0.15) is 0 Å². The summed E-state index contributed by atoms with van der Waals surface area (Å²) in [5.74, 6) is 0.264. The molecule has 1 aromatic carbocycles. The van der Waals surface area contributed by atoms with E-state index in [4.69, 9.17) is 4.74 Å². The molecule has 1 atom stereocenters. The van der Waals surface area contributed by atoms with E-state index in [9.17, 15) is 9.59 Å². The van der Waals surface area contributed by atoms with Crippen LogP contribution in [0.15, 0.2) is 34.1 Å². The van der Waals surface area contributed by atoms with Crippen molar-refractivity contribution in [3.8, 4) is 10.6 Å². The van der Waals surface area contributed by atoms with Crippen LogP contribution >= 0.6 is 27.3 Å². The molecule has 0 radical (unpaired) electrons. The monoisotopic (exact) mass is 467 g/mol. The van der Waals surface area contributed by atoms with Gasteiger partial charge in [0.1, 0.15) is 5.01 Å². The second-order valence-corrected chi connectivity index (χ2v) is 8.60. The number of carbonyl (C=O) groups is 2. The molecule has 2 amide bonds. The lowest BCUT2D eigenvalue weighted by atomic mass is 10.0. The van der Waals surface area contributed by atoms with Crippen LogP contribution in [-0.2, 0) is 16.0 Å². The zero-order chi connectivity index (χ0) is 20.5. The maximum Gasteiger partial charge on any atom is 0.407 e. The van der Waals surface area contributed by atoms with Crippen LogP contribution in [0.2, 0.25) is 0 Å². The normalized spacial score (nSPS) is 11.9. The van der Waals surface area contributed by atoms with Crippen LogP contribution < -0.4 is 10.6 Å². The number of hydrogen-bond donors (Lipinski definition) is 2. The Morgan fingerprint density at radius 2 is 2.11 bits per heavy atom. The number of carbonyl (C=O) groups excluding carboxylic acids is 2. The predicted octanol–water partition coefficient (Wildman–Crippen LogP) is 4.39. The van der Waals surface area contributed by atoms with Gasteiger partial charge in [0.25, 0.3) is 0 Å². The highest BCUT2D eigenvalue weighted by atomic mass is 79.9. The average molecular weight is 468 g/mol. The summed E-state index contributed by atoms with van der Waals surface area (Å²) >= 11 is 4.97. The third-order valence-corrected chi connectivity index (χ3v) is 5.30. The maximum atomic E-state index is 12.3. The van der Waals surface area contributed by atoms with Crippen molar-refractivity contribution >= 4 is 39.3 Å². The van der Waals surface area contributed by atoms with Gasteiger partial charge in [-0.3, -0.25) is 4.79 Å². The van der Waals surface area contributed by atoms with Gasteiger partial charge in [-0.1, -0.05) is 41.9 Å². The summed E-state index contributed by atoms with van der Waals surface area (Å²) in [5.41, 5.74) is 1.75. The molecule has 2 aromatic rings. The number of nitrogens with zero attached hydrogens (tertiary/aromatic N) is 1. The lowest BCUT2D eigenvalue weighted by molar-refractivity contribution is -0.120. The van der Waals surface area contributed by atoms with E-state index in [1.165, 1.54) is 11.3 Å². The standard InChI is InChI=1S/C20H26BrN3O3S/c1-4-27-20(26)24-16(8-13(2)3)11-22-18(25)10-17-12-28-19(23-17)14-6-5-7-15(21)9-14/h5-7,9,12-13,16H,4,8,10-11H2,1-3H3,(H,22,25)(H,24,26). The molecule has 0 fully saturated rings. The first kappa shape index (κ1) is 22.4. The minimum atomic E-state index is -0.458. The molecule has 152 valence electrons. The summed E-state index contributed by atoms with van der Waals surface area (Å²) in [6.45, 7) is 6.57. The van der Waals surface area contributed by atoms with Gasteiger partial charge in [-0.15, -0.1) is 11.3 Å². The molecule has 28 heavy (non-hydrogen) atoms. The number of thiazole rings is 1. The number of benzene rings is 1. The number of nitrogens with one attached hydrogen (secondary N) is 2. The summed E-state index contributed by atoms with van der Waals surface area (Å²) in [6, 6.07) is 7.74. The Morgan fingerprint density at radius 1 is 1.32 bits per heavy atom. The molecule has 6 nitrogen and oxygen atoms in total. The highest BCUT2D eigenvalue weighted by Crippen LogP contribution is 2.26. The fourth-order valence-corrected chi connectivity index (χ4v) is 3.92. The average Bonchev–Trinajstić information content (AvgIpc) is 3.08. The second-order valence-electron chi connectivity index (χ2n) is 6.83. The van der Waals surface area contributed by atoms with Gasteiger partial charge in [0.2, 0.25) is 5.91 Å². The SMILES string of the molecule is CCOC(=O)NC(CNC(=O)Cc1csc(-c2cccc(Br)c2)n1)CC(C)C. The molecule has 0 aliphatic heterocycles. The Bertz CT molecular complexity index is 795. The molecule has 2 rings (SSSR count). The van der Waals surface area contributed by atoms with Gasteiger partial charge >= 0.3 is 6.09 Å². The zero-order valence-electron chi connectivity index (χ0n) is 16.3. The first-order chi connectivity index (χ1) is 13.4. The first-order valence-electron chi connectivity index (χ1n) is 9.27. The van der Waals surface area contributed by atoms with Crippen molar-refractivity contribution in [2.24, 2.45) is 5.92 Å². The Balaban J connectivity index is 1.89. The van der Waals surface area contributed by atoms with Crippen molar-refractivity contribution < 1.29 is 14.3 Å². The predicted molar refractivity (Wildman–Crippen MR) is 115 cm³/mol. The fraction of sp³-hybridized carbons (Fsp3) is 0.450. The molecule has 1 heterocycles. The van der Waals surface area contributed by atoms with Crippen LogP contribution in [0.5, 0.6) is 0 Å². The topological polar surface area (TPSA) is 80.3 Å². The number of halogens is 1. The molecule has 1 aromatic heterocycles. The van der Waals surface area contributed by atoms with Crippen molar-refractivity contribution in [1.29, 1.82) is 0 Å². The van der Waals surface area contributed by atoms with Crippen molar-refractivity contribution in [2.45, 2.75) is 39.7 Å². The van der Waals surface area contributed by atoms with E-state index in [0.29, 0.717) is 19.1 Å². The van der Waals surface area contributed by atoms with Gasteiger partial charge in [-0.25, -0.2) is 9.78 Å². The number of aromatic nitrogens is 1. The van der Waals surface area contributed by atoms with Crippen LogP contribution in [0.1, 0.15) is 32.9 Å². The van der Waals surface area contributed by atoms with Crippen molar-refractivity contribution in [3.05, 3.63) is 39.8 Å². The van der Waals surface area contributed by atoms with E-state index in [0.717, 1.165) is 27.2 Å². The molecule has 2 N–H and O–H groups in total. The summed E-state index contributed by atoms with van der Waals surface area (Å²) in [6.07, 6.45) is 0.502. The van der Waals surface area contributed by atoms with E-state index >= 15 is 0 Å². The summed E-state index contributed by atoms with van der Waals surface area (Å²) in [7, 11) is 0. The van der Waals surface area contributed by atoms with E-state index in [1.807, 2.05) is 29.6 Å². The van der Waals surface area contributed by atoms with E-state index in [1.54, 1.807) is 6.92 Å². The maximum absolute atomic E-state index is 12.3. The molecule has 0 saturated carbocycles. The number of hydrogen-bond acceptors (Lipinski definition) is 5. The van der Waals surface area contributed by atoms with Gasteiger partial charge in [0.15, 0.2) is 0 Å². The van der Waals surface area contributed by atoms with Crippen LogP contribution in [0.4, 0.5) is 4.79 Å². The van der Waals surface area contributed by atoms with Crippen molar-refractivity contribution in [1.82, 2.24) is 15.6 Å². The van der Waals surface area contributed by atoms with Gasteiger partial charge in [0.05, 0.1) is 18.7 Å². The molecule has 8 heteroatoms. The minimum absolute atomic E-state index is 0.120. The minimum Gasteiger partial charge on any atom is -0.450 e. The second kappa shape index (κ2) is 11.2. The van der Waals surface area contributed by atoms with Gasteiger partial charge in [0, 0.05) is 28.0 Å². The van der Waals surface area contributed by atoms with E-state index in [-0.39, 0.29) is 18.4 Å². The first-order valence-corrected chi connectivity index (χ1v) is 10.9. The van der Waals surface area contributed by atoms with Gasteiger partial charge in [-0.05, 0) is 31.4 Å². The fourth-order valence-electron chi connectivity index (χ4n) is 2.71. The molecule has 0 saturated heterocycles. The lowest BCUT2D eigenvalue weighted by Crippen LogP contribution is -2.44. The van der Waals surface area contributed by atoms with Crippen molar-refractivity contribution in [3.63, 3.8) is 0 Å². The molecule has 0 aliphatic carbocycles. The highest BCUT2D eigenvalue weighted by Gasteiger charge is 2.16. The van der Waals surface area contributed by atoms with Crippen LogP contribution in [0.25, 0.3) is 10.6 Å². The van der Waals surface area contributed by atoms with Crippen LogP contribution in [0.3, 0.4) is 0 Å². The molecular weight excluding hydrogens is 442 g/mol. The zero-order valence-corrected chi connectivity index (χ0v) is 18.7. The quantitative estimate of drug-likeness (QED) is 0.572. The molecule has 0 aliphatic rings. The van der Waals surface area contributed by atoms with Crippen LogP contribution in [0, 0.1) is 5.92 Å². The number of alkyl carbamates (subject to hydrolysis) is 1. The Kier molecular flexibility index (Phi) is 8.92. The Labute approximate surface area is 178 Å². The largest absolute Gasteiger partial charge is 0.450 e. The van der Waals surface area contributed by atoms with E-state index in [2.05, 4.69) is 45.4 Å². The number of rotatable bonds is 9. The summed E-state index contributed by atoms with van der Waals surface area (Å²) < 4.78 is 5.93. The third kappa shape index (κ3) is 7.59. The summed E-state index contributed by atoms with van der Waals surface area (Å²) in [5, 5.41) is 8.48. The number of ether oxygens (including phenoxy) is 1.